The maximum atomic E-state index is 11.8. The molecule has 0 radical (unpaired) electrons. The van der Waals surface area contributed by atoms with Crippen molar-refractivity contribution in [3.05, 3.63) is 71.8 Å². The Balaban J connectivity index is 2.02. The Morgan fingerprint density at radius 1 is 1.04 bits per heavy atom. The summed E-state index contributed by atoms with van der Waals surface area (Å²) in [5.41, 5.74) is -3.41. The number of aliphatic hydroxyl groups is 2. The summed E-state index contributed by atoms with van der Waals surface area (Å²) in [6.07, 6.45) is 6.54. The van der Waals surface area contributed by atoms with Crippen LogP contribution in [0.25, 0.3) is 0 Å². The number of rotatable bonds is 7. The first-order valence-corrected chi connectivity index (χ1v) is 8.47. The molecule has 6 heteroatoms. The lowest BCUT2D eigenvalue weighted by Crippen LogP contribution is -2.61. The van der Waals surface area contributed by atoms with Gasteiger partial charge in [0.1, 0.15) is 0 Å². The monoisotopic (exact) mass is 370 g/mol. The van der Waals surface area contributed by atoms with Crippen LogP contribution in [0.1, 0.15) is 19.4 Å². The fraction of sp³-hybridized carbons (Fsp3) is 0.286. The SMILES string of the molecule is CC(=O)C1(O)C=CC(/C=C/C(=O)OCCc2ccccc2)=CC1(O)C(C)=O. The van der Waals surface area contributed by atoms with Gasteiger partial charge in [0.15, 0.2) is 22.8 Å². The third-order valence-corrected chi connectivity index (χ3v) is 4.44. The second-order valence-electron chi connectivity index (χ2n) is 6.36. The van der Waals surface area contributed by atoms with E-state index in [-0.39, 0.29) is 6.61 Å². The lowest BCUT2D eigenvalue weighted by atomic mass is 9.73. The van der Waals surface area contributed by atoms with Crippen molar-refractivity contribution in [3.63, 3.8) is 0 Å². The van der Waals surface area contributed by atoms with Crippen molar-refractivity contribution >= 4 is 17.5 Å². The van der Waals surface area contributed by atoms with Crippen LogP contribution >= 0.6 is 0 Å². The van der Waals surface area contributed by atoms with Gasteiger partial charge in [0.25, 0.3) is 0 Å². The molecule has 1 aromatic carbocycles. The van der Waals surface area contributed by atoms with Gasteiger partial charge >= 0.3 is 5.97 Å². The molecule has 27 heavy (non-hydrogen) atoms. The van der Waals surface area contributed by atoms with E-state index in [0.29, 0.717) is 12.0 Å². The smallest absolute Gasteiger partial charge is 0.330 e. The molecule has 142 valence electrons. The molecule has 1 aliphatic rings. The lowest BCUT2D eigenvalue weighted by Gasteiger charge is -2.38. The molecule has 1 aromatic rings. The average molecular weight is 370 g/mol. The third-order valence-electron chi connectivity index (χ3n) is 4.44. The number of hydrogen-bond acceptors (Lipinski definition) is 6. The number of Topliss-reactive ketones (excluding diaryl/α,β-unsaturated/α-hetero) is 2. The van der Waals surface area contributed by atoms with Gasteiger partial charge in [-0.2, -0.15) is 0 Å². The Morgan fingerprint density at radius 3 is 2.26 bits per heavy atom. The van der Waals surface area contributed by atoms with Crippen molar-refractivity contribution in [1.82, 2.24) is 0 Å². The van der Waals surface area contributed by atoms with Crippen molar-refractivity contribution in [2.45, 2.75) is 31.5 Å². The first-order chi connectivity index (χ1) is 12.7. The molecule has 0 spiro atoms. The van der Waals surface area contributed by atoms with Crippen molar-refractivity contribution in [2.75, 3.05) is 6.61 Å². The minimum absolute atomic E-state index is 0.212. The minimum atomic E-state index is -2.40. The van der Waals surface area contributed by atoms with E-state index in [9.17, 15) is 24.6 Å². The summed E-state index contributed by atoms with van der Waals surface area (Å²) in [4.78, 5) is 35.4. The highest BCUT2D eigenvalue weighted by Gasteiger charge is 2.54. The molecule has 0 amide bonds. The molecule has 0 heterocycles. The first kappa shape index (κ1) is 20.5. The van der Waals surface area contributed by atoms with Crippen LogP contribution in [0.3, 0.4) is 0 Å². The molecule has 0 aromatic heterocycles. The molecule has 0 saturated heterocycles. The van der Waals surface area contributed by atoms with Gasteiger partial charge in [-0.3, -0.25) is 9.59 Å². The predicted molar refractivity (Wildman–Crippen MR) is 98.7 cm³/mol. The first-order valence-electron chi connectivity index (χ1n) is 8.47. The van der Waals surface area contributed by atoms with E-state index >= 15 is 0 Å². The number of carbonyl (C=O) groups is 3. The quantitative estimate of drug-likeness (QED) is 0.557. The topological polar surface area (TPSA) is 101 Å². The number of ether oxygens (including phenoxy) is 1. The van der Waals surface area contributed by atoms with Crippen LogP contribution in [0.15, 0.2) is 66.3 Å². The van der Waals surface area contributed by atoms with E-state index in [1.54, 1.807) is 0 Å². The third kappa shape index (κ3) is 4.48. The van der Waals surface area contributed by atoms with E-state index in [1.165, 1.54) is 12.2 Å². The van der Waals surface area contributed by atoms with Crippen molar-refractivity contribution in [2.24, 2.45) is 0 Å². The Kier molecular flexibility index (Phi) is 6.25. The summed E-state index contributed by atoms with van der Waals surface area (Å²) >= 11 is 0. The van der Waals surface area contributed by atoms with Crippen molar-refractivity contribution in [1.29, 1.82) is 0 Å². The molecule has 2 N–H and O–H groups in total. The maximum absolute atomic E-state index is 11.8. The summed E-state index contributed by atoms with van der Waals surface area (Å²) in [7, 11) is 0. The van der Waals surface area contributed by atoms with Gasteiger partial charge in [0.05, 0.1) is 6.61 Å². The molecular formula is C21H22O6. The van der Waals surface area contributed by atoms with Gasteiger partial charge in [-0.25, -0.2) is 4.79 Å². The van der Waals surface area contributed by atoms with Crippen LogP contribution in [-0.2, 0) is 25.5 Å². The summed E-state index contributed by atoms with van der Waals surface area (Å²) in [6.45, 7) is 2.36. The lowest BCUT2D eigenvalue weighted by molar-refractivity contribution is -0.162. The van der Waals surface area contributed by atoms with Crippen LogP contribution in [0, 0.1) is 0 Å². The summed E-state index contributed by atoms with van der Waals surface area (Å²) in [6, 6.07) is 9.56. The standard InChI is InChI=1S/C21H22O6/c1-15(22)20(25)12-10-18(14-21(20,26)16(2)23)8-9-19(24)27-13-11-17-6-4-3-5-7-17/h3-10,12,14,25-26H,11,13H2,1-2H3/b9-8+. The summed E-state index contributed by atoms with van der Waals surface area (Å²) < 4.78 is 5.11. The Labute approximate surface area is 157 Å². The van der Waals surface area contributed by atoms with Gasteiger partial charge in [-0.05, 0) is 43.2 Å². The van der Waals surface area contributed by atoms with Gasteiger partial charge in [0, 0.05) is 12.5 Å². The van der Waals surface area contributed by atoms with Crippen molar-refractivity contribution in [3.8, 4) is 0 Å². The van der Waals surface area contributed by atoms with Crippen LogP contribution in [-0.4, -0.2) is 45.6 Å². The van der Waals surface area contributed by atoms with Crippen LogP contribution < -0.4 is 0 Å². The largest absolute Gasteiger partial charge is 0.462 e. The fourth-order valence-electron chi connectivity index (χ4n) is 2.73. The van der Waals surface area contributed by atoms with Crippen LogP contribution in [0.2, 0.25) is 0 Å². The average Bonchev–Trinajstić information content (AvgIpc) is 2.63. The molecule has 2 rings (SSSR count). The number of allylic oxidation sites excluding steroid dienone is 3. The van der Waals surface area contributed by atoms with Gasteiger partial charge < -0.3 is 14.9 Å². The Morgan fingerprint density at radius 2 is 1.67 bits per heavy atom. The Hall–Kier alpha value is -2.83. The number of benzene rings is 1. The molecule has 2 unspecified atom stereocenters. The summed E-state index contributed by atoms with van der Waals surface area (Å²) in [5, 5.41) is 20.9. The number of hydrogen-bond donors (Lipinski definition) is 2. The van der Waals surface area contributed by atoms with Crippen molar-refractivity contribution < 1.29 is 29.3 Å². The highest BCUT2D eigenvalue weighted by Crippen LogP contribution is 2.33. The summed E-state index contributed by atoms with van der Waals surface area (Å²) in [5.74, 6) is -2.14. The van der Waals surface area contributed by atoms with E-state index in [4.69, 9.17) is 4.74 Å². The molecule has 0 bridgehead atoms. The van der Waals surface area contributed by atoms with Crippen LogP contribution in [0.5, 0.6) is 0 Å². The van der Waals surface area contributed by atoms with Gasteiger partial charge in [0.2, 0.25) is 0 Å². The van der Waals surface area contributed by atoms with Gasteiger partial charge in [-0.1, -0.05) is 36.4 Å². The second-order valence-corrected chi connectivity index (χ2v) is 6.36. The zero-order chi connectivity index (χ0) is 20.1. The molecule has 2 atom stereocenters. The second kappa shape index (κ2) is 8.24. The van der Waals surface area contributed by atoms with E-state index in [2.05, 4.69) is 0 Å². The van der Waals surface area contributed by atoms with Gasteiger partial charge in [-0.15, -0.1) is 0 Å². The fourth-order valence-corrected chi connectivity index (χ4v) is 2.73. The Bertz CT molecular complexity index is 820. The van der Waals surface area contributed by atoms with Crippen LogP contribution in [0.4, 0.5) is 0 Å². The highest BCUT2D eigenvalue weighted by atomic mass is 16.5. The highest BCUT2D eigenvalue weighted by molar-refractivity contribution is 6.01. The van der Waals surface area contributed by atoms with E-state index in [1.807, 2.05) is 30.3 Å². The minimum Gasteiger partial charge on any atom is -0.462 e. The molecule has 0 aliphatic heterocycles. The molecule has 6 nitrogen and oxygen atoms in total. The molecule has 0 saturated carbocycles. The normalized spacial score (nSPS) is 24.5. The zero-order valence-electron chi connectivity index (χ0n) is 15.2. The molecule has 1 aliphatic carbocycles. The van der Waals surface area contributed by atoms with E-state index in [0.717, 1.165) is 37.6 Å². The zero-order valence-corrected chi connectivity index (χ0v) is 15.2. The maximum Gasteiger partial charge on any atom is 0.330 e. The predicted octanol–water partition coefficient (Wildman–Crippen LogP) is 1.46. The number of ketones is 2. The van der Waals surface area contributed by atoms with E-state index < -0.39 is 28.7 Å². The number of esters is 1. The molecular weight excluding hydrogens is 348 g/mol. The molecule has 0 fully saturated rings. The number of carbonyl (C=O) groups excluding carboxylic acids is 3.